The van der Waals surface area contributed by atoms with E-state index in [9.17, 15) is 19.5 Å². The summed E-state index contributed by atoms with van der Waals surface area (Å²) in [6.07, 6.45) is -3.32. The third-order valence-corrected chi connectivity index (χ3v) is 4.68. The maximum Gasteiger partial charge on any atom is 0.351 e. The van der Waals surface area contributed by atoms with E-state index in [1.165, 1.54) is 0 Å². The van der Waals surface area contributed by atoms with Gasteiger partial charge in [-0.25, -0.2) is 9.59 Å². The van der Waals surface area contributed by atoms with Gasteiger partial charge >= 0.3 is 17.9 Å². The van der Waals surface area contributed by atoms with Gasteiger partial charge in [-0.3, -0.25) is 4.79 Å². The Morgan fingerprint density at radius 1 is 0.750 bits per heavy atom. The quantitative estimate of drug-likeness (QED) is 0.420. The van der Waals surface area contributed by atoms with E-state index in [-0.39, 0.29) is 19.1 Å². The molecule has 7 heteroatoms. The lowest BCUT2D eigenvalue weighted by Gasteiger charge is -2.23. The van der Waals surface area contributed by atoms with E-state index in [1.54, 1.807) is 55.5 Å². The number of hydrogen-bond donors (Lipinski definition) is 1. The van der Waals surface area contributed by atoms with Crippen molar-refractivity contribution in [1.82, 2.24) is 0 Å². The van der Waals surface area contributed by atoms with Crippen LogP contribution in [0.15, 0.2) is 60.7 Å². The zero-order valence-corrected chi connectivity index (χ0v) is 18.6. The second-order valence-electron chi connectivity index (χ2n) is 8.02. The Bertz CT molecular complexity index is 864. The summed E-state index contributed by atoms with van der Waals surface area (Å²) in [5.41, 5.74) is 1.42. The van der Waals surface area contributed by atoms with Crippen molar-refractivity contribution in [2.45, 2.75) is 52.6 Å². The molecule has 0 aliphatic heterocycles. The molecule has 0 radical (unpaired) electrons. The second-order valence-corrected chi connectivity index (χ2v) is 8.02. The molecule has 0 fully saturated rings. The summed E-state index contributed by atoms with van der Waals surface area (Å²) in [5, 5.41) is 10.5. The van der Waals surface area contributed by atoms with Crippen molar-refractivity contribution in [2.75, 3.05) is 0 Å². The standard InChI is InChI=1S/C25H30O7/c1-17(2)14-18(3)23(27)32-22(25(29)31-16-20-12-8-5-9-13-20)21(26)24(28)30-15-19-10-6-4-7-11-19/h4-13,17-18,21-22,26H,14-16H2,1-3H3. The fourth-order valence-corrected chi connectivity index (χ4v) is 3.03. The number of carbonyl (C=O) groups excluding carboxylic acids is 3. The number of aliphatic hydroxyl groups excluding tert-OH is 1. The Labute approximate surface area is 188 Å². The summed E-state index contributed by atoms with van der Waals surface area (Å²) < 4.78 is 15.5. The van der Waals surface area contributed by atoms with Crippen molar-refractivity contribution in [3.05, 3.63) is 71.8 Å². The first kappa shape index (κ1) is 25.1. The van der Waals surface area contributed by atoms with Crippen molar-refractivity contribution in [2.24, 2.45) is 11.8 Å². The molecule has 7 nitrogen and oxygen atoms in total. The highest BCUT2D eigenvalue weighted by Gasteiger charge is 2.39. The van der Waals surface area contributed by atoms with E-state index in [4.69, 9.17) is 14.2 Å². The van der Waals surface area contributed by atoms with Crippen molar-refractivity contribution in [3.63, 3.8) is 0 Å². The summed E-state index contributed by atoms with van der Waals surface area (Å²) in [6.45, 7) is 5.37. The van der Waals surface area contributed by atoms with Gasteiger partial charge in [-0.15, -0.1) is 0 Å². The minimum Gasteiger partial charge on any atom is -0.459 e. The molecule has 0 heterocycles. The van der Waals surface area contributed by atoms with Gasteiger partial charge < -0.3 is 19.3 Å². The summed E-state index contributed by atoms with van der Waals surface area (Å²) in [6, 6.07) is 17.8. The first-order chi connectivity index (χ1) is 15.3. The molecular weight excluding hydrogens is 412 g/mol. The average molecular weight is 443 g/mol. The van der Waals surface area contributed by atoms with Crippen molar-refractivity contribution in [3.8, 4) is 0 Å². The number of aliphatic hydroxyl groups is 1. The fourth-order valence-electron chi connectivity index (χ4n) is 3.03. The van der Waals surface area contributed by atoms with Crippen molar-refractivity contribution < 1.29 is 33.7 Å². The van der Waals surface area contributed by atoms with Gasteiger partial charge in [0.1, 0.15) is 13.2 Å². The molecular formula is C25H30O7. The predicted molar refractivity (Wildman–Crippen MR) is 117 cm³/mol. The number of carbonyl (C=O) groups is 3. The van der Waals surface area contributed by atoms with Gasteiger partial charge in [0.15, 0.2) is 6.10 Å². The molecule has 3 unspecified atom stereocenters. The van der Waals surface area contributed by atoms with Crippen LogP contribution in [0, 0.1) is 11.8 Å². The Hall–Kier alpha value is -3.19. The van der Waals surface area contributed by atoms with E-state index in [2.05, 4.69) is 0 Å². The third-order valence-electron chi connectivity index (χ3n) is 4.68. The molecule has 1 N–H and O–H groups in total. The first-order valence-corrected chi connectivity index (χ1v) is 10.6. The fraction of sp³-hybridized carbons (Fsp3) is 0.400. The van der Waals surface area contributed by atoms with Crippen molar-refractivity contribution >= 4 is 17.9 Å². The van der Waals surface area contributed by atoms with Crippen LogP contribution in [0.4, 0.5) is 0 Å². The molecule has 0 aromatic heterocycles. The molecule has 0 saturated heterocycles. The van der Waals surface area contributed by atoms with E-state index in [1.807, 2.05) is 26.0 Å². The Morgan fingerprint density at radius 2 is 1.22 bits per heavy atom. The molecule has 0 amide bonds. The minimum absolute atomic E-state index is 0.0962. The van der Waals surface area contributed by atoms with Gasteiger partial charge in [0.25, 0.3) is 0 Å². The highest BCUT2D eigenvalue weighted by atomic mass is 16.6. The minimum atomic E-state index is -2.02. The molecule has 2 aromatic carbocycles. The first-order valence-electron chi connectivity index (χ1n) is 10.6. The zero-order valence-electron chi connectivity index (χ0n) is 18.6. The Morgan fingerprint density at radius 3 is 1.69 bits per heavy atom. The van der Waals surface area contributed by atoms with E-state index < -0.39 is 36.0 Å². The van der Waals surface area contributed by atoms with Crippen LogP contribution < -0.4 is 0 Å². The summed E-state index contributed by atoms with van der Waals surface area (Å²) in [5.74, 6) is -3.10. The molecule has 32 heavy (non-hydrogen) atoms. The van der Waals surface area contributed by atoms with Crippen LogP contribution >= 0.6 is 0 Å². The lowest BCUT2D eigenvalue weighted by Crippen LogP contribution is -2.45. The summed E-state index contributed by atoms with van der Waals surface area (Å²) in [4.78, 5) is 37.5. The second kappa shape index (κ2) is 12.6. The van der Waals surface area contributed by atoms with Gasteiger partial charge in [0.05, 0.1) is 5.92 Å². The molecule has 0 saturated carbocycles. The van der Waals surface area contributed by atoms with Gasteiger partial charge in [-0.05, 0) is 23.5 Å². The summed E-state index contributed by atoms with van der Waals surface area (Å²) >= 11 is 0. The highest BCUT2D eigenvalue weighted by molar-refractivity contribution is 5.87. The molecule has 2 aromatic rings. The third kappa shape index (κ3) is 8.15. The van der Waals surface area contributed by atoms with Crippen molar-refractivity contribution in [1.29, 1.82) is 0 Å². The largest absolute Gasteiger partial charge is 0.459 e. The average Bonchev–Trinajstić information content (AvgIpc) is 2.79. The van der Waals surface area contributed by atoms with Crippen LogP contribution in [0.1, 0.15) is 38.3 Å². The molecule has 2 rings (SSSR count). The molecule has 0 bridgehead atoms. The molecule has 0 aliphatic carbocycles. The smallest absolute Gasteiger partial charge is 0.351 e. The van der Waals surface area contributed by atoms with Crippen LogP contribution in [-0.4, -0.2) is 35.2 Å². The van der Waals surface area contributed by atoms with E-state index >= 15 is 0 Å². The predicted octanol–water partition coefficient (Wildman–Crippen LogP) is 3.43. The Balaban J connectivity index is 2.07. The van der Waals surface area contributed by atoms with Crippen LogP contribution in [-0.2, 0) is 41.8 Å². The normalized spacial score (nSPS) is 13.7. The number of esters is 3. The number of hydrogen-bond acceptors (Lipinski definition) is 7. The number of benzene rings is 2. The monoisotopic (exact) mass is 442 g/mol. The number of rotatable bonds is 11. The molecule has 3 atom stereocenters. The molecule has 172 valence electrons. The van der Waals surface area contributed by atoms with Crippen LogP contribution in [0.3, 0.4) is 0 Å². The van der Waals surface area contributed by atoms with Gasteiger partial charge in [-0.1, -0.05) is 81.4 Å². The van der Waals surface area contributed by atoms with Gasteiger partial charge in [0, 0.05) is 0 Å². The molecule has 0 spiro atoms. The highest BCUT2D eigenvalue weighted by Crippen LogP contribution is 2.16. The number of ether oxygens (including phenoxy) is 3. The lowest BCUT2D eigenvalue weighted by atomic mass is 9.99. The van der Waals surface area contributed by atoms with E-state index in [0.717, 1.165) is 0 Å². The van der Waals surface area contributed by atoms with Gasteiger partial charge in [-0.2, -0.15) is 0 Å². The maximum absolute atomic E-state index is 12.6. The zero-order chi connectivity index (χ0) is 23.5. The van der Waals surface area contributed by atoms with E-state index in [0.29, 0.717) is 17.5 Å². The van der Waals surface area contributed by atoms with Crippen LogP contribution in [0.25, 0.3) is 0 Å². The van der Waals surface area contributed by atoms with Crippen LogP contribution in [0.5, 0.6) is 0 Å². The molecule has 0 aliphatic rings. The SMILES string of the molecule is CC(C)CC(C)C(=O)OC(C(=O)OCc1ccccc1)C(O)C(=O)OCc1ccccc1. The summed E-state index contributed by atoms with van der Waals surface area (Å²) in [7, 11) is 0. The maximum atomic E-state index is 12.6. The lowest BCUT2D eigenvalue weighted by molar-refractivity contribution is -0.186. The van der Waals surface area contributed by atoms with Gasteiger partial charge in [0.2, 0.25) is 6.10 Å². The Kier molecular flexibility index (Phi) is 9.88. The topological polar surface area (TPSA) is 99.1 Å². The van der Waals surface area contributed by atoms with Crippen LogP contribution in [0.2, 0.25) is 0 Å².